The van der Waals surface area contributed by atoms with Gasteiger partial charge in [0.05, 0.1) is 17.9 Å². The van der Waals surface area contributed by atoms with Crippen molar-refractivity contribution in [1.82, 2.24) is 14.8 Å². The molecule has 0 radical (unpaired) electrons. The first kappa shape index (κ1) is 26.1. The standard InChI is InChI=1S/C32H36N6O2/c1-3-30(39)36-16-18-37(19-17-36)31-26-13-15-38(29-12-6-9-23-8-4-5-11-25(23)29)21-28(26)34-32(27(31)20-33)40-22-24-10-7-14-35(24)2/h3-6,8-9,11-12,24H,1,7,10,13-19,21-22H2,2H3/t24-/m0/s1. The third kappa shape index (κ3) is 4.86. The molecule has 2 saturated heterocycles. The van der Waals surface area contributed by atoms with Crippen LogP contribution in [0.15, 0.2) is 55.1 Å². The van der Waals surface area contributed by atoms with Gasteiger partial charge in [-0.25, -0.2) is 4.98 Å². The van der Waals surface area contributed by atoms with Gasteiger partial charge in [0.15, 0.2) is 0 Å². The second-order valence-corrected chi connectivity index (χ2v) is 11.0. The number of anilines is 2. The second kappa shape index (κ2) is 11.2. The molecule has 3 aromatic rings. The van der Waals surface area contributed by atoms with E-state index in [2.05, 4.69) is 76.9 Å². The lowest BCUT2D eigenvalue weighted by Gasteiger charge is -2.39. The maximum absolute atomic E-state index is 12.2. The smallest absolute Gasteiger partial charge is 0.246 e. The number of nitrogens with zero attached hydrogens (tertiary/aromatic N) is 6. The average Bonchev–Trinajstić information content (AvgIpc) is 3.42. The Hall–Kier alpha value is -4.09. The molecular formula is C32H36N6O2. The molecule has 0 spiro atoms. The third-order valence-corrected chi connectivity index (χ3v) is 8.68. The molecule has 0 bridgehead atoms. The molecule has 0 saturated carbocycles. The Kier molecular flexibility index (Phi) is 7.31. The van der Waals surface area contributed by atoms with Crippen LogP contribution in [0.4, 0.5) is 11.4 Å². The average molecular weight is 537 g/mol. The molecule has 3 aliphatic rings. The number of hydrogen-bond donors (Lipinski definition) is 0. The number of amides is 1. The van der Waals surface area contributed by atoms with Crippen LogP contribution >= 0.6 is 0 Å². The summed E-state index contributed by atoms with van der Waals surface area (Å²) < 4.78 is 6.37. The number of fused-ring (bicyclic) bond motifs is 2. The van der Waals surface area contributed by atoms with Gasteiger partial charge in [0.25, 0.3) is 0 Å². The predicted octanol–water partition coefficient (Wildman–Crippen LogP) is 3.98. The molecule has 4 heterocycles. The van der Waals surface area contributed by atoms with Gasteiger partial charge in [0.1, 0.15) is 18.2 Å². The minimum Gasteiger partial charge on any atom is -0.475 e. The Morgan fingerprint density at radius 3 is 2.65 bits per heavy atom. The van der Waals surface area contributed by atoms with Crippen molar-refractivity contribution in [2.75, 3.05) is 62.7 Å². The summed E-state index contributed by atoms with van der Waals surface area (Å²) in [5.74, 6) is 0.383. The van der Waals surface area contributed by atoms with E-state index in [1.807, 2.05) is 4.90 Å². The van der Waals surface area contributed by atoms with Gasteiger partial charge in [-0.3, -0.25) is 4.79 Å². The van der Waals surface area contributed by atoms with E-state index in [4.69, 9.17) is 9.72 Å². The van der Waals surface area contributed by atoms with Crippen LogP contribution in [0.1, 0.15) is 29.7 Å². The summed E-state index contributed by atoms with van der Waals surface area (Å²) >= 11 is 0. The van der Waals surface area contributed by atoms with Crippen LogP contribution in [0.3, 0.4) is 0 Å². The Morgan fingerprint density at radius 1 is 1.10 bits per heavy atom. The molecule has 6 rings (SSSR count). The minimum atomic E-state index is -0.0488. The molecule has 2 aromatic carbocycles. The number of likely N-dealkylation sites (N-methyl/N-ethyl adjacent to an activating group) is 1. The summed E-state index contributed by atoms with van der Waals surface area (Å²) in [6, 6.07) is 17.7. The highest BCUT2D eigenvalue weighted by atomic mass is 16.5. The molecule has 3 aliphatic heterocycles. The van der Waals surface area contributed by atoms with E-state index >= 15 is 0 Å². The number of carbonyl (C=O) groups excluding carboxylic acids is 1. The van der Waals surface area contributed by atoms with Crippen molar-refractivity contribution in [3.8, 4) is 11.9 Å². The summed E-state index contributed by atoms with van der Waals surface area (Å²) in [6.45, 7) is 9.21. The molecule has 0 N–H and O–H groups in total. The SMILES string of the molecule is C=CC(=O)N1CCN(c2c(C#N)c(OC[C@@H]3CCCN3C)nc3c2CCN(c2cccc4ccccc24)C3)CC1. The van der Waals surface area contributed by atoms with Gasteiger partial charge in [-0.05, 0) is 50.4 Å². The van der Waals surface area contributed by atoms with E-state index in [0.29, 0.717) is 56.8 Å². The van der Waals surface area contributed by atoms with Crippen LogP contribution < -0.4 is 14.5 Å². The summed E-state index contributed by atoms with van der Waals surface area (Å²) in [5, 5.41) is 12.9. The predicted molar refractivity (Wildman–Crippen MR) is 158 cm³/mol. The first-order valence-corrected chi connectivity index (χ1v) is 14.2. The zero-order chi connectivity index (χ0) is 27.6. The van der Waals surface area contributed by atoms with E-state index in [1.165, 1.54) is 22.5 Å². The number of pyridine rings is 1. The van der Waals surface area contributed by atoms with Crippen molar-refractivity contribution >= 4 is 28.1 Å². The van der Waals surface area contributed by atoms with Crippen molar-refractivity contribution in [2.24, 2.45) is 0 Å². The zero-order valence-electron chi connectivity index (χ0n) is 23.2. The second-order valence-electron chi connectivity index (χ2n) is 11.0. The molecule has 1 amide bonds. The van der Waals surface area contributed by atoms with Gasteiger partial charge in [-0.15, -0.1) is 0 Å². The Bertz CT molecular complexity index is 1470. The number of piperazine rings is 1. The van der Waals surface area contributed by atoms with Crippen LogP contribution in [0, 0.1) is 11.3 Å². The highest BCUT2D eigenvalue weighted by molar-refractivity contribution is 5.94. The number of benzene rings is 2. The van der Waals surface area contributed by atoms with Crippen molar-refractivity contribution < 1.29 is 9.53 Å². The molecule has 1 atom stereocenters. The highest BCUT2D eigenvalue weighted by Gasteiger charge is 2.32. The molecule has 0 aliphatic carbocycles. The maximum atomic E-state index is 12.2. The number of hydrogen-bond acceptors (Lipinski definition) is 7. The van der Waals surface area contributed by atoms with Crippen LogP contribution in [-0.4, -0.2) is 79.7 Å². The van der Waals surface area contributed by atoms with Gasteiger partial charge < -0.3 is 24.3 Å². The lowest BCUT2D eigenvalue weighted by Crippen LogP contribution is -2.49. The molecule has 8 nitrogen and oxygen atoms in total. The first-order chi connectivity index (χ1) is 19.6. The topological polar surface area (TPSA) is 75.9 Å². The number of aromatic nitrogens is 1. The maximum Gasteiger partial charge on any atom is 0.246 e. The number of nitriles is 1. The molecule has 206 valence electrons. The van der Waals surface area contributed by atoms with E-state index in [0.717, 1.165) is 49.3 Å². The normalized spacial score (nSPS) is 19.4. The number of ether oxygens (including phenoxy) is 1. The lowest BCUT2D eigenvalue weighted by molar-refractivity contribution is -0.126. The summed E-state index contributed by atoms with van der Waals surface area (Å²) in [5.41, 5.74) is 4.74. The lowest BCUT2D eigenvalue weighted by atomic mass is 9.97. The Balaban J connectivity index is 1.36. The number of carbonyl (C=O) groups is 1. The van der Waals surface area contributed by atoms with Crippen molar-refractivity contribution in [3.63, 3.8) is 0 Å². The van der Waals surface area contributed by atoms with Gasteiger partial charge in [0.2, 0.25) is 11.8 Å². The van der Waals surface area contributed by atoms with Gasteiger partial charge >= 0.3 is 0 Å². The minimum absolute atomic E-state index is 0.0488. The summed E-state index contributed by atoms with van der Waals surface area (Å²) in [6.07, 6.45) is 4.40. The molecule has 8 heteroatoms. The van der Waals surface area contributed by atoms with Crippen molar-refractivity contribution in [3.05, 3.63) is 71.9 Å². The highest BCUT2D eigenvalue weighted by Crippen LogP contribution is 2.39. The van der Waals surface area contributed by atoms with Crippen molar-refractivity contribution in [2.45, 2.75) is 31.8 Å². The van der Waals surface area contributed by atoms with Gasteiger partial charge in [-0.2, -0.15) is 5.26 Å². The van der Waals surface area contributed by atoms with Crippen LogP contribution in [0.5, 0.6) is 5.88 Å². The van der Waals surface area contributed by atoms with E-state index < -0.39 is 0 Å². The quantitative estimate of drug-likeness (QED) is 0.441. The monoisotopic (exact) mass is 536 g/mol. The summed E-state index contributed by atoms with van der Waals surface area (Å²) in [7, 11) is 2.13. The Labute approximate surface area is 236 Å². The molecular weight excluding hydrogens is 500 g/mol. The zero-order valence-corrected chi connectivity index (χ0v) is 23.2. The number of rotatable bonds is 6. The first-order valence-electron chi connectivity index (χ1n) is 14.2. The van der Waals surface area contributed by atoms with Crippen LogP contribution in [0.2, 0.25) is 0 Å². The molecule has 2 fully saturated rings. The van der Waals surface area contributed by atoms with Gasteiger partial charge in [-0.1, -0.05) is 43.0 Å². The fourth-order valence-electron chi connectivity index (χ4n) is 6.42. The van der Waals surface area contributed by atoms with E-state index in [-0.39, 0.29) is 5.91 Å². The van der Waals surface area contributed by atoms with E-state index in [9.17, 15) is 10.1 Å². The van der Waals surface area contributed by atoms with Gasteiger partial charge in [0, 0.05) is 55.4 Å². The molecule has 40 heavy (non-hydrogen) atoms. The Morgan fingerprint density at radius 2 is 1.90 bits per heavy atom. The summed E-state index contributed by atoms with van der Waals surface area (Å²) in [4.78, 5) is 26.0. The molecule has 0 unspecified atom stereocenters. The third-order valence-electron chi connectivity index (χ3n) is 8.68. The fourth-order valence-corrected chi connectivity index (χ4v) is 6.42. The fraction of sp³-hybridized carbons (Fsp3) is 0.406. The largest absolute Gasteiger partial charge is 0.475 e. The van der Waals surface area contributed by atoms with Crippen molar-refractivity contribution in [1.29, 1.82) is 5.26 Å². The number of likely N-dealkylation sites (tertiary alicyclic amines) is 1. The van der Waals surface area contributed by atoms with E-state index in [1.54, 1.807) is 0 Å². The van der Waals surface area contributed by atoms with Crippen LogP contribution in [0.25, 0.3) is 10.8 Å². The molecule has 1 aromatic heterocycles. The van der Waals surface area contributed by atoms with Crippen LogP contribution in [-0.2, 0) is 17.8 Å².